The molecule has 0 atom stereocenters. The van der Waals surface area contributed by atoms with Crippen LogP contribution in [0.25, 0.3) is 11.3 Å². The molecule has 2 aromatic rings. The molecule has 0 spiro atoms. The van der Waals surface area contributed by atoms with Crippen molar-refractivity contribution in [2.45, 2.75) is 6.18 Å². The Bertz CT molecular complexity index is 645. The average Bonchev–Trinajstić information content (AvgIpc) is 2.38. The molecule has 1 aromatic heterocycles. The van der Waals surface area contributed by atoms with Gasteiger partial charge in [0.25, 0.3) is 0 Å². The Labute approximate surface area is 105 Å². The van der Waals surface area contributed by atoms with Crippen molar-refractivity contribution in [1.82, 2.24) is 10.2 Å². The molecule has 7 heteroatoms. The predicted molar refractivity (Wildman–Crippen MR) is 58.8 cm³/mol. The van der Waals surface area contributed by atoms with Crippen LogP contribution in [0.15, 0.2) is 30.3 Å². The van der Waals surface area contributed by atoms with Gasteiger partial charge in [0.05, 0.1) is 11.6 Å². The second-order valence-electron chi connectivity index (χ2n) is 3.65. The molecule has 1 heterocycles. The van der Waals surface area contributed by atoms with E-state index < -0.39 is 17.6 Å². The van der Waals surface area contributed by atoms with Crippen LogP contribution < -0.4 is 0 Å². The monoisotopic (exact) mass is 265 g/mol. The molecule has 1 aromatic carbocycles. The summed E-state index contributed by atoms with van der Waals surface area (Å²) in [7, 11) is 0. The van der Waals surface area contributed by atoms with Gasteiger partial charge in [0.2, 0.25) is 0 Å². The number of alkyl halides is 3. The largest absolute Gasteiger partial charge is 0.506 e. The fourth-order valence-corrected chi connectivity index (χ4v) is 1.43. The highest BCUT2D eigenvalue weighted by Crippen LogP contribution is 2.33. The van der Waals surface area contributed by atoms with E-state index in [2.05, 4.69) is 10.2 Å². The van der Waals surface area contributed by atoms with Crippen LogP contribution >= 0.6 is 0 Å². The Morgan fingerprint density at radius 2 is 1.74 bits per heavy atom. The number of hydrogen-bond donors (Lipinski definition) is 1. The summed E-state index contributed by atoms with van der Waals surface area (Å²) in [5, 5.41) is 24.6. The fraction of sp³-hybridized carbons (Fsp3) is 0.0833. The smallest absolute Gasteiger partial charge is 0.435 e. The molecule has 4 nitrogen and oxygen atoms in total. The van der Waals surface area contributed by atoms with E-state index in [1.165, 1.54) is 24.3 Å². The van der Waals surface area contributed by atoms with E-state index in [1.54, 1.807) is 0 Å². The molecule has 0 aliphatic heterocycles. The van der Waals surface area contributed by atoms with Crippen molar-refractivity contribution in [2.75, 3.05) is 0 Å². The number of nitriles is 1. The van der Waals surface area contributed by atoms with E-state index >= 15 is 0 Å². The molecule has 19 heavy (non-hydrogen) atoms. The highest BCUT2D eigenvalue weighted by Gasteiger charge is 2.34. The third-order valence-electron chi connectivity index (χ3n) is 2.35. The lowest BCUT2D eigenvalue weighted by Crippen LogP contribution is -2.09. The molecule has 0 radical (unpaired) electrons. The highest BCUT2D eigenvalue weighted by molar-refractivity contribution is 5.66. The van der Waals surface area contributed by atoms with Crippen LogP contribution in [0.3, 0.4) is 0 Å². The van der Waals surface area contributed by atoms with Gasteiger partial charge in [-0.05, 0) is 12.1 Å². The first-order chi connectivity index (χ1) is 8.91. The molecule has 0 amide bonds. The van der Waals surface area contributed by atoms with E-state index in [4.69, 9.17) is 5.26 Å². The second-order valence-corrected chi connectivity index (χ2v) is 3.65. The first-order valence-corrected chi connectivity index (χ1v) is 5.06. The van der Waals surface area contributed by atoms with E-state index in [9.17, 15) is 18.3 Å². The average molecular weight is 265 g/mol. The molecule has 1 N–H and O–H groups in total. The minimum Gasteiger partial charge on any atom is -0.506 e. The van der Waals surface area contributed by atoms with E-state index in [-0.39, 0.29) is 5.69 Å². The number of aromatic nitrogens is 2. The highest BCUT2D eigenvalue weighted by atomic mass is 19.4. The Hall–Kier alpha value is -2.62. The minimum atomic E-state index is -4.66. The van der Waals surface area contributed by atoms with Crippen molar-refractivity contribution in [3.8, 4) is 23.1 Å². The van der Waals surface area contributed by atoms with Crippen molar-refractivity contribution in [3.05, 3.63) is 41.6 Å². The Balaban J connectivity index is 2.43. The van der Waals surface area contributed by atoms with Crippen LogP contribution in [0.1, 0.15) is 11.3 Å². The van der Waals surface area contributed by atoms with Crippen molar-refractivity contribution in [3.63, 3.8) is 0 Å². The zero-order chi connectivity index (χ0) is 14.0. The quantitative estimate of drug-likeness (QED) is 0.860. The van der Waals surface area contributed by atoms with Gasteiger partial charge in [0.15, 0.2) is 5.69 Å². The summed E-state index contributed by atoms with van der Waals surface area (Å²) >= 11 is 0. The van der Waals surface area contributed by atoms with Crippen LogP contribution in [-0.2, 0) is 6.18 Å². The molecule has 2 rings (SSSR count). The van der Waals surface area contributed by atoms with Gasteiger partial charge in [-0.1, -0.05) is 12.1 Å². The number of aromatic hydroxyl groups is 1. The zero-order valence-electron chi connectivity index (χ0n) is 9.31. The van der Waals surface area contributed by atoms with Crippen LogP contribution in [0.4, 0.5) is 13.2 Å². The molecule has 0 aliphatic carbocycles. The molecule has 96 valence electrons. The van der Waals surface area contributed by atoms with Gasteiger partial charge in [-0.2, -0.15) is 18.4 Å². The van der Waals surface area contributed by atoms with E-state index in [1.807, 2.05) is 6.07 Å². The number of nitrogens with zero attached hydrogens (tertiary/aromatic N) is 3. The van der Waals surface area contributed by atoms with Gasteiger partial charge in [0, 0.05) is 11.6 Å². The summed E-state index contributed by atoms with van der Waals surface area (Å²) in [6, 6.07) is 8.28. The number of rotatable bonds is 1. The molecule has 0 fully saturated rings. The summed E-state index contributed by atoms with van der Waals surface area (Å²) in [4.78, 5) is 0. The Morgan fingerprint density at radius 3 is 2.21 bits per heavy atom. The standard InChI is InChI=1S/C12H6F3N3O/c13-12(14,15)10-5-9(19)11(18-17-10)8-3-1-7(6-16)2-4-8/h1-5H,(H,17,19). The molecule has 0 unspecified atom stereocenters. The first-order valence-electron chi connectivity index (χ1n) is 5.06. The first kappa shape index (κ1) is 12.8. The Kier molecular flexibility index (Phi) is 3.09. The number of hydrogen-bond acceptors (Lipinski definition) is 4. The number of halogens is 3. The minimum absolute atomic E-state index is 0.0718. The lowest BCUT2D eigenvalue weighted by Gasteiger charge is -2.07. The molecule has 0 saturated carbocycles. The number of benzene rings is 1. The third-order valence-corrected chi connectivity index (χ3v) is 2.35. The lowest BCUT2D eigenvalue weighted by atomic mass is 10.1. The summed E-state index contributed by atoms with van der Waals surface area (Å²) < 4.78 is 37.1. The van der Waals surface area contributed by atoms with Crippen molar-refractivity contribution < 1.29 is 18.3 Å². The third kappa shape index (κ3) is 2.63. The fourth-order valence-electron chi connectivity index (χ4n) is 1.43. The summed E-state index contributed by atoms with van der Waals surface area (Å²) in [5.41, 5.74) is -0.569. The molecule has 0 aliphatic rings. The second kappa shape index (κ2) is 4.57. The summed E-state index contributed by atoms with van der Waals surface area (Å²) in [6.07, 6.45) is -4.66. The normalized spacial score (nSPS) is 11.1. The van der Waals surface area contributed by atoms with Gasteiger partial charge in [0.1, 0.15) is 11.4 Å². The van der Waals surface area contributed by atoms with Gasteiger partial charge in [-0.25, -0.2) is 0 Å². The molecular weight excluding hydrogens is 259 g/mol. The van der Waals surface area contributed by atoms with E-state index in [0.29, 0.717) is 17.2 Å². The van der Waals surface area contributed by atoms with Crippen LogP contribution in [-0.4, -0.2) is 15.3 Å². The van der Waals surface area contributed by atoms with Gasteiger partial charge < -0.3 is 5.11 Å². The lowest BCUT2D eigenvalue weighted by molar-refractivity contribution is -0.141. The summed E-state index contributed by atoms with van der Waals surface area (Å²) in [6.45, 7) is 0. The van der Waals surface area contributed by atoms with Crippen LogP contribution in [0.2, 0.25) is 0 Å². The summed E-state index contributed by atoms with van der Waals surface area (Å²) in [5.74, 6) is -0.618. The van der Waals surface area contributed by atoms with E-state index in [0.717, 1.165) is 0 Å². The van der Waals surface area contributed by atoms with Crippen molar-refractivity contribution in [2.24, 2.45) is 0 Å². The van der Waals surface area contributed by atoms with Crippen LogP contribution in [0.5, 0.6) is 5.75 Å². The molecule has 0 saturated heterocycles. The molecule has 0 bridgehead atoms. The zero-order valence-corrected chi connectivity index (χ0v) is 9.31. The van der Waals surface area contributed by atoms with Crippen molar-refractivity contribution in [1.29, 1.82) is 5.26 Å². The maximum absolute atomic E-state index is 12.4. The maximum atomic E-state index is 12.4. The van der Waals surface area contributed by atoms with Crippen LogP contribution in [0, 0.1) is 11.3 Å². The molecular formula is C12H6F3N3O. The van der Waals surface area contributed by atoms with Gasteiger partial charge in [-0.15, -0.1) is 10.2 Å². The van der Waals surface area contributed by atoms with Gasteiger partial charge in [-0.3, -0.25) is 0 Å². The maximum Gasteiger partial charge on any atom is 0.435 e. The van der Waals surface area contributed by atoms with Gasteiger partial charge >= 0.3 is 6.18 Å². The Morgan fingerprint density at radius 1 is 1.11 bits per heavy atom. The SMILES string of the molecule is N#Cc1ccc(-c2nnc(C(F)(F)F)cc2O)cc1. The predicted octanol–water partition coefficient (Wildman–Crippen LogP) is 2.74. The van der Waals surface area contributed by atoms with Crippen molar-refractivity contribution >= 4 is 0 Å². The topological polar surface area (TPSA) is 69.8 Å².